The van der Waals surface area contributed by atoms with Gasteiger partial charge in [-0.3, -0.25) is 19.4 Å². The normalized spacial score (nSPS) is 18.4. The van der Waals surface area contributed by atoms with E-state index in [1.165, 1.54) is 11.8 Å². The van der Waals surface area contributed by atoms with Gasteiger partial charge in [0, 0.05) is 32.6 Å². The highest BCUT2D eigenvalue weighted by Crippen LogP contribution is 2.32. The molecule has 7 nitrogen and oxygen atoms in total. The lowest BCUT2D eigenvalue weighted by Gasteiger charge is -2.26. The number of thiocarbonyl (C=S) groups is 1. The minimum Gasteiger partial charge on any atom is -0.494 e. The molecule has 2 heterocycles. The number of carbonyl (C=O) groups excluding carboxylic acids is 2. The van der Waals surface area contributed by atoms with Crippen molar-refractivity contribution in [2.24, 2.45) is 0 Å². The van der Waals surface area contributed by atoms with E-state index >= 15 is 0 Å². The third kappa shape index (κ3) is 7.58. The van der Waals surface area contributed by atoms with E-state index in [2.05, 4.69) is 10.2 Å². The molecule has 0 radical (unpaired) electrons. The van der Waals surface area contributed by atoms with E-state index in [4.69, 9.17) is 21.7 Å². The van der Waals surface area contributed by atoms with Crippen LogP contribution >= 0.6 is 24.0 Å². The summed E-state index contributed by atoms with van der Waals surface area (Å²) in [6.07, 6.45) is 3.73. The summed E-state index contributed by atoms with van der Waals surface area (Å²) in [6.45, 7) is 8.16. The van der Waals surface area contributed by atoms with Crippen LogP contribution in [0.15, 0.2) is 29.2 Å². The number of rotatable bonds is 11. The number of hydrogen-bond acceptors (Lipinski definition) is 7. The van der Waals surface area contributed by atoms with Crippen LogP contribution in [0.4, 0.5) is 0 Å². The molecule has 0 aliphatic carbocycles. The zero-order chi connectivity index (χ0) is 22.8. The van der Waals surface area contributed by atoms with Gasteiger partial charge in [-0.2, -0.15) is 0 Å². The summed E-state index contributed by atoms with van der Waals surface area (Å²) in [7, 11) is 0. The van der Waals surface area contributed by atoms with E-state index in [0.29, 0.717) is 41.8 Å². The van der Waals surface area contributed by atoms with Crippen molar-refractivity contribution in [3.05, 3.63) is 34.7 Å². The number of morpholine rings is 1. The monoisotopic (exact) mass is 477 g/mol. The van der Waals surface area contributed by atoms with Gasteiger partial charge in [0.1, 0.15) is 10.1 Å². The Bertz CT molecular complexity index is 823. The van der Waals surface area contributed by atoms with Gasteiger partial charge in [-0.25, -0.2) is 0 Å². The van der Waals surface area contributed by atoms with Crippen molar-refractivity contribution in [3.63, 3.8) is 0 Å². The number of carbonyl (C=O) groups is 2. The number of nitrogens with zero attached hydrogens (tertiary/aromatic N) is 2. The maximum atomic E-state index is 12.7. The van der Waals surface area contributed by atoms with Crippen LogP contribution < -0.4 is 10.1 Å². The molecule has 0 bridgehead atoms. The highest BCUT2D eigenvalue weighted by atomic mass is 32.2. The van der Waals surface area contributed by atoms with E-state index in [1.54, 1.807) is 4.90 Å². The van der Waals surface area contributed by atoms with Crippen LogP contribution in [0.1, 0.15) is 31.7 Å². The average molecular weight is 478 g/mol. The van der Waals surface area contributed by atoms with Crippen molar-refractivity contribution in [2.45, 2.75) is 26.2 Å². The first-order valence-corrected chi connectivity index (χ1v) is 12.3. The van der Waals surface area contributed by atoms with Crippen LogP contribution in [0.25, 0.3) is 6.08 Å². The molecule has 0 atom stereocenters. The van der Waals surface area contributed by atoms with Gasteiger partial charge < -0.3 is 14.8 Å². The van der Waals surface area contributed by atoms with Crippen molar-refractivity contribution >= 4 is 46.2 Å². The lowest BCUT2D eigenvalue weighted by atomic mass is 10.2. The Labute approximate surface area is 199 Å². The number of thioether (sulfide) groups is 1. The van der Waals surface area contributed by atoms with Gasteiger partial charge >= 0.3 is 0 Å². The largest absolute Gasteiger partial charge is 0.494 e. The van der Waals surface area contributed by atoms with Crippen LogP contribution in [-0.2, 0) is 14.3 Å². The van der Waals surface area contributed by atoms with Crippen molar-refractivity contribution in [3.8, 4) is 5.75 Å². The minimum absolute atomic E-state index is 0.0161. The molecule has 0 unspecified atom stereocenters. The lowest BCUT2D eigenvalue weighted by Crippen LogP contribution is -2.38. The van der Waals surface area contributed by atoms with Gasteiger partial charge in [-0.05, 0) is 50.1 Å². The molecular weight excluding hydrogens is 446 g/mol. The van der Waals surface area contributed by atoms with Crippen molar-refractivity contribution in [1.82, 2.24) is 15.1 Å². The summed E-state index contributed by atoms with van der Waals surface area (Å²) in [5.74, 6) is 0.721. The second-order valence-corrected chi connectivity index (χ2v) is 9.27. The first kappa shape index (κ1) is 24.7. The fraction of sp³-hybridized carbons (Fsp3) is 0.522. The maximum Gasteiger partial charge on any atom is 0.266 e. The highest BCUT2D eigenvalue weighted by molar-refractivity contribution is 8.26. The van der Waals surface area contributed by atoms with E-state index in [0.717, 1.165) is 50.6 Å². The molecule has 2 amide bonds. The molecular formula is C23H31N3O4S2. The number of hydrogen-bond donors (Lipinski definition) is 1. The van der Waals surface area contributed by atoms with E-state index in [1.807, 2.05) is 37.3 Å². The predicted octanol–water partition coefficient (Wildman–Crippen LogP) is 2.91. The molecule has 0 saturated carbocycles. The topological polar surface area (TPSA) is 71.1 Å². The van der Waals surface area contributed by atoms with Crippen LogP contribution in [0.5, 0.6) is 5.75 Å². The van der Waals surface area contributed by atoms with Gasteiger partial charge in [-0.15, -0.1) is 0 Å². The summed E-state index contributed by atoms with van der Waals surface area (Å²) >= 11 is 6.69. The molecule has 1 aromatic rings. The highest BCUT2D eigenvalue weighted by Gasteiger charge is 2.31. The van der Waals surface area contributed by atoms with Gasteiger partial charge in [0.2, 0.25) is 5.91 Å². The zero-order valence-corrected chi connectivity index (χ0v) is 20.1. The summed E-state index contributed by atoms with van der Waals surface area (Å²) in [6, 6.07) is 7.60. The Balaban J connectivity index is 1.37. The number of amides is 2. The molecule has 9 heteroatoms. The fourth-order valence-electron chi connectivity index (χ4n) is 3.51. The molecule has 1 N–H and O–H groups in total. The SMILES string of the molecule is CCOc1ccc(/C=C2/SC(=S)N(CCCC(=O)NCCCN3CCOCC3)C2=O)cc1. The molecule has 2 aliphatic heterocycles. The van der Waals surface area contributed by atoms with Gasteiger partial charge in [0.15, 0.2) is 0 Å². The molecule has 2 fully saturated rings. The Hall–Kier alpha value is -1.94. The Morgan fingerprint density at radius 1 is 1.22 bits per heavy atom. The Morgan fingerprint density at radius 3 is 2.69 bits per heavy atom. The summed E-state index contributed by atoms with van der Waals surface area (Å²) in [5.41, 5.74) is 0.922. The quantitative estimate of drug-likeness (QED) is 0.299. The summed E-state index contributed by atoms with van der Waals surface area (Å²) in [4.78, 5) is 29.4. The average Bonchev–Trinajstić information content (AvgIpc) is 3.06. The molecule has 174 valence electrons. The summed E-state index contributed by atoms with van der Waals surface area (Å²) in [5, 5.41) is 2.97. The third-order valence-electron chi connectivity index (χ3n) is 5.23. The zero-order valence-electron chi connectivity index (χ0n) is 18.5. The number of benzene rings is 1. The van der Waals surface area contributed by atoms with Crippen LogP contribution in [0.2, 0.25) is 0 Å². The van der Waals surface area contributed by atoms with E-state index in [9.17, 15) is 9.59 Å². The van der Waals surface area contributed by atoms with Gasteiger partial charge in [0.25, 0.3) is 5.91 Å². The summed E-state index contributed by atoms with van der Waals surface area (Å²) < 4.78 is 11.3. The first-order valence-electron chi connectivity index (χ1n) is 11.1. The standard InChI is InChI=1S/C23H31N3O4S2/c1-2-30-19-8-6-18(7-9-19)17-20-22(28)26(23(31)32-20)12-3-5-21(27)24-10-4-11-25-13-15-29-16-14-25/h6-9,17H,2-5,10-16H2,1H3,(H,24,27)/b20-17+. The van der Waals surface area contributed by atoms with Crippen LogP contribution in [-0.4, -0.2) is 78.5 Å². The van der Waals surface area contributed by atoms with Gasteiger partial charge in [0.05, 0.1) is 24.7 Å². The molecule has 32 heavy (non-hydrogen) atoms. The minimum atomic E-state index is -0.0974. The van der Waals surface area contributed by atoms with Crippen LogP contribution in [0, 0.1) is 0 Å². The first-order chi connectivity index (χ1) is 15.6. The molecule has 1 aromatic carbocycles. The molecule has 0 aromatic heterocycles. The van der Waals surface area contributed by atoms with Gasteiger partial charge in [-0.1, -0.05) is 36.1 Å². The smallest absolute Gasteiger partial charge is 0.266 e. The third-order valence-corrected chi connectivity index (χ3v) is 6.60. The second kappa shape index (κ2) is 12.9. The fourth-order valence-corrected chi connectivity index (χ4v) is 4.82. The van der Waals surface area contributed by atoms with E-state index < -0.39 is 0 Å². The maximum absolute atomic E-state index is 12.7. The van der Waals surface area contributed by atoms with E-state index in [-0.39, 0.29) is 11.8 Å². The predicted molar refractivity (Wildman–Crippen MR) is 132 cm³/mol. The molecule has 2 saturated heterocycles. The van der Waals surface area contributed by atoms with Crippen molar-refractivity contribution in [2.75, 3.05) is 52.5 Å². The van der Waals surface area contributed by atoms with Crippen LogP contribution in [0.3, 0.4) is 0 Å². The molecule has 0 spiro atoms. The number of ether oxygens (including phenoxy) is 2. The lowest BCUT2D eigenvalue weighted by molar-refractivity contribution is -0.124. The Morgan fingerprint density at radius 2 is 1.97 bits per heavy atom. The van der Waals surface area contributed by atoms with Crippen molar-refractivity contribution in [1.29, 1.82) is 0 Å². The molecule has 3 rings (SSSR count). The molecule has 2 aliphatic rings. The Kier molecular flexibility index (Phi) is 9.98. The second-order valence-electron chi connectivity index (χ2n) is 7.60. The number of nitrogens with one attached hydrogen (secondary N) is 1. The van der Waals surface area contributed by atoms with Crippen molar-refractivity contribution < 1.29 is 19.1 Å².